The lowest BCUT2D eigenvalue weighted by Gasteiger charge is -2.02. The second kappa shape index (κ2) is 8.16. The fourth-order valence-electron chi connectivity index (χ4n) is 2.31. The summed E-state index contributed by atoms with van der Waals surface area (Å²) in [5.74, 6) is -0.351. The first kappa shape index (κ1) is 18.2. The lowest BCUT2D eigenvalue weighted by molar-refractivity contribution is -0.111. The quantitative estimate of drug-likeness (QED) is 0.515. The highest BCUT2D eigenvalue weighted by Gasteiger charge is 2.05. The van der Waals surface area contributed by atoms with E-state index >= 15 is 0 Å². The molecular weight excluding hydrogens is 366 g/mol. The maximum atomic E-state index is 12.1. The fraction of sp³-hybridized carbons (Fsp3) is 0.105. The number of thiazole rings is 1. The predicted molar refractivity (Wildman–Crippen MR) is 109 cm³/mol. The van der Waals surface area contributed by atoms with E-state index in [0.717, 1.165) is 25.8 Å². The molecule has 0 atom stereocenters. The van der Waals surface area contributed by atoms with E-state index in [0.29, 0.717) is 5.56 Å². The number of hydrogen-bond acceptors (Lipinski definition) is 5. The van der Waals surface area contributed by atoms with Crippen LogP contribution in [-0.4, -0.2) is 30.1 Å². The molecule has 2 amide bonds. The third-order valence-corrected chi connectivity index (χ3v) is 5.64. The molecule has 0 unspecified atom stereocenters. The molecule has 0 saturated carbocycles. The van der Waals surface area contributed by atoms with Gasteiger partial charge in [-0.05, 0) is 48.2 Å². The van der Waals surface area contributed by atoms with Gasteiger partial charge >= 0.3 is 0 Å². The van der Waals surface area contributed by atoms with Gasteiger partial charge in [0.2, 0.25) is 5.91 Å². The van der Waals surface area contributed by atoms with Gasteiger partial charge in [0, 0.05) is 24.4 Å². The molecule has 2 aromatic carbocycles. The number of amides is 2. The molecule has 0 aliphatic carbocycles. The molecule has 3 aromatic rings. The lowest BCUT2D eigenvalue weighted by atomic mass is 10.1. The summed E-state index contributed by atoms with van der Waals surface area (Å²) in [5.41, 5.74) is 3.09. The number of anilines is 1. The van der Waals surface area contributed by atoms with Gasteiger partial charge in [-0.1, -0.05) is 23.9 Å². The molecule has 0 saturated heterocycles. The number of thioether (sulfide) groups is 1. The summed E-state index contributed by atoms with van der Waals surface area (Å²) in [6, 6.07) is 12.7. The third-order valence-electron chi connectivity index (χ3n) is 3.64. The minimum absolute atomic E-state index is 0.138. The first-order valence-corrected chi connectivity index (χ1v) is 9.89. The van der Waals surface area contributed by atoms with Crippen molar-refractivity contribution in [2.75, 3.05) is 18.6 Å². The molecule has 1 heterocycles. The highest BCUT2D eigenvalue weighted by molar-refractivity contribution is 8.00. The van der Waals surface area contributed by atoms with Crippen LogP contribution in [0.25, 0.3) is 16.3 Å². The van der Waals surface area contributed by atoms with Crippen LogP contribution in [0.2, 0.25) is 0 Å². The number of aromatic nitrogens is 1. The molecule has 3 rings (SSSR count). The van der Waals surface area contributed by atoms with Crippen molar-refractivity contribution in [2.24, 2.45) is 0 Å². The largest absolute Gasteiger partial charge is 0.355 e. The molecule has 7 heteroatoms. The van der Waals surface area contributed by atoms with E-state index in [1.807, 2.05) is 24.5 Å². The van der Waals surface area contributed by atoms with Gasteiger partial charge in [0.05, 0.1) is 10.2 Å². The van der Waals surface area contributed by atoms with Gasteiger partial charge in [-0.15, -0.1) is 11.3 Å². The van der Waals surface area contributed by atoms with Crippen molar-refractivity contribution in [1.82, 2.24) is 10.3 Å². The number of fused-ring (bicyclic) bond motifs is 1. The van der Waals surface area contributed by atoms with E-state index in [4.69, 9.17) is 0 Å². The Hall–Kier alpha value is -2.64. The maximum Gasteiger partial charge on any atom is 0.251 e. The molecule has 1 aromatic heterocycles. The second-order valence-electron chi connectivity index (χ2n) is 5.39. The van der Waals surface area contributed by atoms with Crippen molar-refractivity contribution in [3.8, 4) is 0 Å². The summed E-state index contributed by atoms with van der Waals surface area (Å²) in [4.78, 5) is 28.1. The van der Waals surface area contributed by atoms with Crippen LogP contribution >= 0.6 is 23.1 Å². The van der Waals surface area contributed by atoms with Gasteiger partial charge in [0.15, 0.2) is 4.34 Å². The highest BCUT2D eigenvalue weighted by atomic mass is 32.2. The van der Waals surface area contributed by atoms with E-state index in [1.165, 1.54) is 6.08 Å². The second-order valence-corrected chi connectivity index (χ2v) is 7.47. The summed E-state index contributed by atoms with van der Waals surface area (Å²) in [7, 11) is 1.59. The molecular formula is C19H17N3O2S2. The Balaban J connectivity index is 1.66. The highest BCUT2D eigenvalue weighted by Crippen LogP contribution is 2.29. The topological polar surface area (TPSA) is 71.1 Å². The van der Waals surface area contributed by atoms with E-state index < -0.39 is 0 Å². The van der Waals surface area contributed by atoms with Crippen molar-refractivity contribution in [3.63, 3.8) is 0 Å². The Morgan fingerprint density at radius 2 is 1.92 bits per heavy atom. The minimum Gasteiger partial charge on any atom is -0.355 e. The number of carbonyl (C=O) groups is 2. The molecule has 0 spiro atoms. The monoisotopic (exact) mass is 383 g/mol. The Bertz CT molecular complexity index is 978. The van der Waals surface area contributed by atoms with Gasteiger partial charge in [0.1, 0.15) is 0 Å². The van der Waals surface area contributed by atoms with Gasteiger partial charge < -0.3 is 10.6 Å². The fourth-order valence-corrected chi connectivity index (χ4v) is 3.84. The van der Waals surface area contributed by atoms with Gasteiger partial charge in [-0.2, -0.15) is 0 Å². The number of rotatable bonds is 5. The van der Waals surface area contributed by atoms with Gasteiger partial charge in [0.25, 0.3) is 5.91 Å². The summed E-state index contributed by atoms with van der Waals surface area (Å²) in [6.45, 7) is 0. The summed E-state index contributed by atoms with van der Waals surface area (Å²) >= 11 is 3.21. The molecule has 0 aliphatic heterocycles. The van der Waals surface area contributed by atoms with Crippen LogP contribution in [-0.2, 0) is 4.79 Å². The molecule has 0 radical (unpaired) electrons. The van der Waals surface area contributed by atoms with Crippen LogP contribution in [0, 0.1) is 0 Å². The zero-order valence-electron chi connectivity index (χ0n) is 14.3. The first-order valence-electron chi connectivity index (χ1n) is 7.85. The van der Waals surface area contributed by atoms with Crippen molar-refractivity contribution < 1.29 is 9.59 Å². The number of hydrogen-bond donors (Lipinski definition) is 2. The summed E-state index contributed by atoms with van der Waals surface area (Å²) < 4.78 is 2.05. The number of benzene rings is 2. The Morgan fingerprint density at radius 3 is 2.62 bits per heavy atom. The minimum atomic E-state index is -0.214. The SMILES string of the molecule is CNC(=O)c1ccc(/C=C/C(=O)Nc2ccc3nc(SC)sc3c2)cc1. The molecule has 0 aliphatic rings. The van der Waals surface area contributed by atoms with Crippen LogP contribution in [0.5, 0.6) is 0 Å². The standard InChI is InChI=1S/C19H17N3O2S2/c1-20-18(24)13-6-3-12(4-7-13)5-10-17(23)21-14-8-9-15-16(11-14)26-19(22-15)25-2/h3-11H,1-2H3,(H,20,24)(H,21,23)/b10-5+. The van der Waals surface area contributed by atoms with Crippen LogP contribution in [0.4, 0.5) is 5.69 Å². The average Bonchev–Trinajstić information content (AvgIpc) is 3.08. The zero-order chi connectivity index (χ0) is 18.5. The summed E-state index contributed by atoms with van der Waals surface area (Å²) in [6.07, 6.45) is 5.17. The number of carbonyl (C=O) groups excluding carboxylic acids is 2. The average molecular weight is 383 g/mol. The van der Waals surface area contributed by atoms with E-state index in [1.54, 1.807) is 60.5 Å². The van der Waals surface area contributed by atoms with Crippen molar-refractivity contribution >= 4 is 56.9 Å². The maximum absolute atomic E-state index is 12.1. The zero-order valence-corrected chi connectivity index (χ0v) is 15.9. The van der Waals surface area contributed by atoms with E-state index in [9.17, 15) is 9.59 Å². The third kappa shape index (κ3) is 4.30. The molecule has 2 N–H and O–H groups in total. The molecule has 5 nitrogen and oxygen atoms in total. The Kier molecular flexibility index (Phi) is 5.70. The van der Waals surface area contributed by atoms with Crippen LogP contribution in [0.3, 0.4) is 0 Å². The molecule has 0 bridgehead atoms. The van der Waals surface area contributed by atoms with Crippen LogP contribution < -0.4 is 10.6 Å². The lowest BCUT2D eigenvalue weighted by Crippen LogP contribution is -2.17. The molecule has 26 heavy (non-hydrogen) atoms. The van der Waals surface area contributed by atoms with Crippen LogP contribution in [0.1, 0.15) is 15.9 Å². The summed E-state index contributed by atoms with van der Waals surface area (Å²) in [5, 5.41) is 5.42. The Labute approximate surface area is 159 Å². The van der Waals surface area contributed by atoms with E-state index in [2.05, 4.69) is 15.6 Å². The van der Waals surface area contributed by atoms with E-state index in [-0.39, 0.29) is 11.8 Å². The smallest absolute Gasteiger partial charge is 0.251 e. The van der Waals surface area contributed by atoms with Gasteiger partial charge in [-0.3, -0.25) is 9.59 Å². The normalized spacial score (nSPS) is 11.0. The number of nitrogens with zero attached hydrogens (tertiary/aromatic N) is 1. The number of nitrogens with one attached hydrogen (secondary N) is 2. The molecule has 0 fully saturated rings. The van der Waals surface area contributed by atoms with Crippen molar-refractivity contribution in [2.45, 2.75) is 4.34 Å². The Morgan fingerprint density at radius 1 is 1.15 bits per heavy atom. The predicted octanol–water partition coefficient (Wildman–Crippen LogP) is 4.03. The van der Waals surface area contributed by atoms with Crippen molar-refractivity contribution in [1.29, 1.82) is 0 Å². The van der Waals surface area contributed by atoms with Crippen LogP contribution in [0.15, 0.2) is 52.9 Å². The molecule has 132 valence electrons. The first-order chi connectivity index (χ1) is 12.6. The van der Waals surface area contributed by atoms with Crippen molar-refractivity contribution in [3.05, 3.63) is 59.7 Å². The van der Waals surface area contributed by atoms with Gasteiger partial charge in [-0.25, -0.2) is 4.98 Å².